The van der Waals surface area contributed by atoms with E-state index in [1.807, 2.05) is 50.4 Å². The number of nitrogens with zero attached hydrogens (tertiary/aromatic N) is 2. The van der Waals surface area contributed by atoms with Gasteiger partial charge in [-0.1, -0.05) is 38.5 Å². The van der Waals surface area contributed by atoms with Crippen LogP contribution in [0, 0.1) is 5.92 Å². The number of aromatic nitrogens is 2. The summed E-state index contributed by atoms with van der Waals surface area (Å²) in [4.78, 5) is 23.4. The largest absolute Gasteiger partial charge is 0.352 e. The average molecular weight is 329 g/mol. The van der Waals surface area contributed by atoms with Crippen molar-refractivity contribution in [3.05, 3.63) is 48.3 Å². The Morgan fingerprint density at radius 2 is 2.00 bits per heavy atom. The average Bonchev–Trinajstić information content (AvgIpc) is 3.06. The maximum absolute atomic E-state index is 12.3. The van der Waals surface area contributed by atoms with Crippen molar-refractivity contribution in [3.8, 4) is 5.69 Å². The minimum atomic E-state index is -0.702. The Balaban J connectivity index is 1.98. The highest BCUT2D eigenvalue weighted by atomic mass is 16.2. The Bertz CT molecular complexity index is 683. The van der Waals surface area contributed by atoms with E-state index in [1.54, 1.807) is 10.9 Å². The topological polar surface area (TPSA) is 102 Å². The molecule has 2 atom stereocenters. The summed E-state index contributed by atoms with van der Waals surface area (Å²) in [7, 11) is 0. The Morgan fingerprint density at radius 3 is 2.62 bits per heavy atom. The van der Waals surface area contributed by atoms with Crippen LogP contribution in [-0.2, 0) is 11.3 Å². The minimum absolute atomic E-state index is 0.00968. The second kappa shape index (κ2) is 8.14. The lowest BCUT2D eigenvalue weighted by Crippen LogP contribution is -2.51. The van der Waals surface area contributed by atoms with E-state index >= 15 is 0 Å². The molecule has 2 unspecified atom stereocenters. The highest BCUT2D eigenvalue weighted by molar-refractivity contribution is 5.86. The number of urea groups is 1. The van der Waals surface area contributed by atoms with Crippen LogP contribution in [0.2, 0.25) is 0 Å². The van der Waals surface area contributed by atoms with Crippen molar-refractivity contribution in [2.45, 2.75) is 32.9 Å². The van der Waals surface area contributed by atoms with E-state index in [9.17, 15) is 9.59 Å². The van der Waals surface area contributed by atoms with Crippen LogP contribution >= 0.6 is 0 Å². The second-order valence-electron chi connectivity index (χ2n) is 5.72. The highest BCUT2D eigenvalue weighted by Gasteiger charge is 2.24. The molecule has 2 rings (SSSR count). The SMILES string of the molecule is CCC(C)C(NC(N)=O)C(=O)NCc1cnn(-c2ccccc2)c1. The van der Waals surface area contributed by atoms with Crippen LogP contribution in [0.3, 0.4) is 0 Å². The number of carbonyl (C=O) groups is 2. The van der Waals surface area contributed by atoms with Gasteiger partial charge in [-0.05, 0) is 18.1 Å². The van der Waals surface area contributed by atoms with E-state index in [-0.39, 0.29) is 11.8 Å². The molecule has 0 saturated heterocycles. The van der Waals surface area contributed by atoms with Gasteiger partial charge in [0.1, 0.15) is 6.04 Å². The number of primary amides is 1. The molecule has 3 amide bonds. The van der Waals surface area contributed by atoms with Crippen LogP contribution in [0.4, 0.5) is 4.79 Å². The Hall–Kier alpha value is -2.83. The molecule has 0 aliphatic heterocycles. The first-order valence-corrected chi connectivity index (χ1v) is 7.94. The smallest absolute Gasteiger partial charge is 0.312 e. The van der Waals surface area contributed by atoms with Gasteiger partial charge in [-0.25, -0.2) is 9.48 Å². The zero-order chi connectivity index (χ0) is 17.5. The molecule has 0 aliphatic rings. The molecule has 24 heavy (non-hydrogen) atoms. The van der Waals surface area contributed by atoms with Crippen molar-refractivity contribution in [3.63, 3.8) is 0 Å². The number of benzene rings is 1. The van der Waals surface area contributed by atoms with Gasteiger partial charge in [-0.3, -0.25) is 4.79 Å². The first-order valence-electron chi connectivity index (χ1n) is 7.94. The van der Waals surface area contributed by atoms with Gasteiger partial charge >= 0.3 is 6.03 Å². The summed E-state index contributed by atoms with van der Waals surface area (Å²) in [5.74, 6) is -0.264. The number of rotatable bonds is 7. The molecule has 0 radical (unpaired) electrons. The number of para-hydroxylation sites is 1. The molecule has 0 saturated carbocycles. The maximum atomic E-state index is 12.3. The fourth-order valence-electron chi connectivity index (χ4n) is 2.33. The number of nitrogens with one attached hydrogen (secondary N) is 2. The lowest BCUT2D eigenvalue weighted by atomic mass is 9.98. The normalized spacial score (nSPS) is 13.1. The third kappa shape index (κ3) is 4.58. The third-order valence-electron chi connectivity index (χ3n) is 3.92. The number of hydrogen-bond donors (Lipinski definition) is 3. The molecule has 1 heterocycles. The lowest BCUT2D eigenvalue weighted by molar-refractivity contribution is -0.124. The lowest BCUT2D eigenvalue weighted by Gasteiger charge is -2.22. The quantitative estimate of drug-likeness (QED) is 0.718. The van der Waals surface area contributed by atoms with Crippen molar-refractivity contribution in [1.29, 1.82) is 0 Å². The molecule has 4 N–H and O–H groups in total. The zero-order valence-electron chi connectivity index (χ0n) is 13.9. The van der Waals surface area contributed by atoms with E-state index < -0.39 is 12.1 Å². The van der Waals surface area contributed by atoms with Crippen LogP contribution < -0.4 is 16.4 Å². The Labute approximate surface area is 141 Å². The van der Waals surface area contributed by atoms with Gasteiger partial charge in [0, 0.05) is 18.3 Å². The summed E-state index contributed by atoms with van der Waals surface area (Å²) < 4.78 is 1.75. The number of nitrogens with two attached hydrogens (primary N) is 1. The van der Waals surface area contributed by atoms with E-state index in [0.29, 0.717) is 6.54 Å². The summed E-state index contributed by atoms with van der Waals surface area (Å²) in [5.41, 5.74) is 6.97. The van der Waals surface area contributed by atoms with Gasteiger partial charge in [0.15, 0.2) is 0 Å². The molecular weight excluding hydrogens is 306 g/mol. The van der Waals surface area contributed by atoms with E-state index in [0.717, 1.165) is 17.7 Å². The van der Waals surface area contributed by atoms with Gasteiger partial charge < -0.3 is 16.4 Å². The molecule has 1 aromatic heterocycles. The molecule has 0 aliphatic carbocycles. The Morgan fingerprint density at radius 1 is 1.29 bits per heavy atom. The van der Waals surface area contributed by atoms with E-state index in [4.69, 9.17) is 5.73 Å². The zero-order valence-corrected chi connectivity index (χ0v) is 13.9. The number of hydrogen-bond acceptors (Lipinski definition) is 3. The van der Waals surface area contributed by atoms with E-state index in [1.165, 1.54) is 0 Å². The van der Waals surface area contributed by atoms with Crippen molar-refractivity contribution >= 4 is 11.9 Å². The fraction of sp³-hybridized carbons (Fsp3) is 0.353. The van der Waals surface area contributed by atoms with E-state index in [2.05, 4.69) is 15.7 Å². The van der Waals surface area contributed by atoms with Crippen molar-refractivity contribution < 1.29 is 9.59 Å². The molecule has 0 fully saturated rings. The summed E-state index contributed by atoms with van der Waals surface area (Å²) in [6, 6.07) is 8.37. The molecule has 2 aromatic rings. The standard InChI is InChI=1S/C17H23N5O2/c1-3-12(2)15(21-17(18)24)16(23)19-9-13-10-20-22(11-13)14-7-5-4-6-8-14/h4-8,10-12,15H,3,9H2,1-2H3,(H,19,23)(H3,18,21,24). The third-order valence-corrected chi connectivity index (χ3v) is 3.92. The first-order chi connectivity index (χ1) is 11.5. The van der Waals surface area contributed by atoms with Gasteiger partial charge in [0.25, 0.3) is 0 Å². The molecule has 7 heteroatoms. The van der Waals surface area contributed by atoms with Gasteiger partial charge in [-0.2, -0.15) is 5.10 Å². The van der Waals surface area contributed by atoms with Crippen molar-refractivity contribution in [2.24, 2.45) is 11.7 Å². The highest BCUT2D eigenvalue weighted by Crippen LogP contribution is 2.10. The summed E-state index contributed by atoms with van der Waals surface area (Å²) in [6.07, 6.45) is 4.31. The molecular formula is C17H23N5O2. The summed E-state index contributed by atoms with van der Waals surface area (Å²) in [5, 5.41) is 9.61. The second-order valence-corrected chi connectivity index (χ2v) is 5.72. The van der Waals surface area contributed by atoms with Crippen LogP contribution in [0.1, 0.15) is 25.8 Å². The first kappa shape index (κ1) is 17.5. The van der Waals surface area contributed by atoms with Crippen molar-refractivity contribution in [2.75, 3.05) is 0 Å². The van der Waals surface area contributed by atoms with Crippen LogP contribution in [0.5, 0.6) is 0 Å². The molecule has 128 valence electrons. The van der Waals surface area contributed by atoms with Crippen LogP contribution in [0.25, 0.3) is 5.69 Å². The predicted octanol–water partition coefficient (Wildman–Crippen LogP) is 1.57. The molecule has 1 aromatic carbocycles. The fourth-order valence-corrected chi connectivity index (χ4v) is 2.33. The monoisotopic (exact) mass is 329 g/mol. The molecule has 0 spiro atoms. The predicted molar refractivity (Wildman–Crippen MR) is 91.4 cm³/mol. The Kier molecular flexibility index (Phi) is 5.95. The van der Waals surface area contributed by atoms with Crippen molar-refractivity contribution in [1.82, 2.24) is 20.4 Å². The van der Waals surface area contributed by atoms with Gasteiger partial charge in [0.2, 0.25) is 5.91 Å². The number of carbonyl (C=O) groups excluding carboxylic acids is 2. The molecule has 0 bridgehead atoms. The van der Waals surface area contributed by atoms with Crippen LogP contribution in [0.15, 0.2) is 42.7 Å². The number of amides is 3. The summed E-state index contributed by atoms with van der Waals surface area (Å²) >= 11 is 0. The van der Waals surface area contributed by atoms with Crippen LogP contribution in [-0.4, -0.2) is 27.8 Å². The maximum Gasteiger partial charge on any atom is 0.312 e. The minimum Gasteiger partial charge on any atom is -0.352 e. The summed E-state index contributed by atoms with van der Waals surface area (Å²) in [6.45, 7) is 4.18. The van der Waals surface area contributed by atoms with Gasteiger partial charge in [0.05, 0.1) is 11.9 Å². The van der Waals surface area contributed by atoms with Gasteiger partial charge in [-0.15, -0.1) is 0 Å². The molecule has 7 nitrogen and oxygen atoms in total.